The first-order valence-electron chi connectivity index (χ1n) is 6.42. The third kappa shape index (κ3) is 2.91. The van der Waals surface area contributed by atoms with Crippen LogP contribution in [0, 0.1) is 23.1 Å². The van der Waals surface area contributed by atoms with Crippen molar-refractivity contribution >= 4 is 11.6 Å². The van der Waals surface area contributed by atoms with Gasteiger partial charge in [-0.15, -0.1) is 0 Å². The van der Waals surface area contributed by atoms with Gasteiger partial charge in [-0.25, -0.2) is 4.39 Å². The summed E-state index contributed by atoms with van der Waals surface area (Å²) in [5, 5.41) is 9.44. The van der Waals surface area contributed by atoms with E-state index in [1.165, 1.54) is 6.07 Å². The highest BCUT2D eigenvalue weighted by Crippen LogP contribution is 2.36. The number of benzene rings is 1. The van der Waals surface area contributed by atoms with E-state index < -0.39 is 5.82 Å². The molecule has 0 spiro atoms. The highest BCUT2D eigenvalue weighted by molar-refractivity contribution is 6.30. The van der Waals surface area contributed by atoms with E-state index in [0.29, 0.717) is 0 Å². The SMILES string of the molecule is CC(C)(C)N1C[C@H](c2ccc(Cl)c(F)c2)[C@@H](C#N)C1. The smallest absolute Gasteiger partial charge is 0.142 e. The van der Waals surface area contributed by atoms with Crippen molar-refractivity contribution in [2.24, 2.45) is 5.92 Å². The second kappa shape index (κ2) is 5.11. The molecule has 1 fully saturated rings. The molecule has 1 aromatic rings. The Morgan fingerprint density at radius 2 is 2.05 bits per heavy atom. The molecule has 0 aromatic heterocycles. The van der Waals surface area contributed by atoms with Crippen molar-refractivity contribution in [3.63, 3.8) is 0 Å². The molecular weight excluding hydrogens is 263 g/mol. The predicted molar refractivity (Wildman–Crippen MR) is 74.6 cm³/mol. The number of hydrogen-bond donors (Lipinski definition) is 0. The van der Waals surface area contributed by atoms with E-state index in [9.17, 15) is 9.65 Å². The Bertz CT molecular complexity index is 516. The first-order chi connectivity index (χ1) is 8.82. The van der Waals surface area contributed by atoms with E-state index >= 15 is 0 Å². The van der Waals surface area contributed by atoms with E-state index in [0.717, 1.165) is 18.7 Å². The Kier molecular flexibility index (Phi) is 3.85. The molecule has 0 unspecified atom stereocenters. The maximum absolute atomic E-state index is 13.6. The fraction of sp³-hybridized carbons (Fsp3) is 0.533. The van der Waals surface area contributed by atoms with Crippen molar-refractivity contribution in [2.75, 3.05) is 13.1 Å². The van der Waals surface area contributed by atoms with Gasteiger partial charge >= 0.3 is 0 Å². The average molecular weight is 281 g/mol. The molecule has 0 aliphatic carbocycles. The van der Waals surface area contributed by atoms with Crippen LogP contribution in [0.25, 0.3) is 0 Å². The van der Waals surface area contributed by atoms with Crippen LogP contribution in [-0.4, -0.2) is 23.5 Å². The lowest BCUT2D eigenvalue weighted by Gasteiger charge is -2.31. The molecular formula is C15H18ClFN2. The number of nitriles is 1. The summed E-state index contributed by atoms with van der Waals surface area (Å²) in [6, 6.07) is 7.21. The molecule has 2 nitrogen and oxygen atoms in total. The van der Waals surface area contributed by atoms with Crippen LogP contribution < -0.4 is 0 Å². The summed E-state index contributed by atoms with van der Waals surface area (Å²) in [5.41, 5.74) is 0.884. The van der Waals surface area contributed by atoms with Crippen LogP contribution >= 0.6 is 11.6 Å². The van der Waals surface area contributed by atoms with Crippen LogP contribution in [0.4, 0.5) is 4.39 Å². The normalized spacial score (nSPS) is 24.4. The Balaban J connectivity index is 2.28. The molecule has 0 radical (unpaired) electrons. The Hall–Kier alpha value is -1.11. The number of rotatable bonds is 1. The van der Waals surface area contributed by atoms with Crippen LogP contribution in [-0.2, 0) is 0 Å². The maximum atomic E-state index is 13.6. The largest absolute Gasteiger partial charge is 0.297 e. The summed E-state index contributed by atoms with van der Waals surface area (Å²) in [7, 11) is 0. The van der Waals surface area contributed by atoms with Crippen LogP contribution in [0.1, 0.15) is 32.3 Å². The first kappa shape index (κ1) is 14.3. The van der Waals surface area contributed by atoms with Gasteiger partial charge in [-0.2, -0.15) is 5.26 Å². The van der Waals surface area contributed by atoms with Gasteiger partial charge in [0.15, 0.2) is 0 Å². The van der Waals surface area contributed by atoms with Crippen molar-refractivity contribution in [2.45, 2.75) is 32.2 Å². The lowest BCUT2D eigenvalue weighted by Crippen LogP contribution is -2.39. The fourth-order valence-electron chi connectivity index (χ4n) is 2.56. The van der Waals surface area contributed by atoms with Crippen LogP contribution in [0.5, 0.6) is 0 Å². The molecule has 102 valence electrons. The van der Waals surface area contributed by atoms with Gasteiger partial charge < -0.3 is 0 Å². The third-order valence-corrected chi connectivity index (χ3v) is 4.11. The minimum Gasteiger partial charge on any atom is -0.297 e. The summed E-state index contributed by atoms with van der Waals surface area (Å²) >= 11 is 5.71. The van der Waals surface area contributed by atoms with Crippen molar-refractivity contribution < 1.29 is 4.39 Å². The van der Waals surface area contributed by atoms with Gasteiger partial charge in [0.1, 0.15) is 5.82 Å². The second-order valence-electron chi connectivity index (χ2n) is 6.09. The molecule has 4 heteroatoms. The number of halogens is 2. The molecule has 19 heavy (non-hydrogen) atoms. The highest BCUT2D eigenvalue weighted by Gasteiger charge is 2.38. The fourth-order valence-corrected chi connectivity index (χ4v) is 2.68. The van der Waals surface area contributed by atoms with Gasteiger partial charge in [-0.05, 0) is 38.5 Å². The van der Waals surface area contributed by atoms with E-state index in [2.05, 4.69) is 31.7 Å². The minimum atomic E-state index is -0.412. The van der Waals surface area contributed by atoms with Crippen LogP contribution in [0.3, 0.4) is 0 Å². The molecule has 2 atom stereocenters. The first-order valence-corrected chi connectivity index (χ1v) is 6.80. The summed E-state index contributed by atoms with van der Waals surface area (Å²) in [4.78, 5) is 2.28. The Morgan fingerprint density at radius 3 is 2.58 bits per heavy atom. The van der Waals surface area contributed by atoms with Crippen molar-refractivity contribution in [1.82, 2.24) is 4.90 Å². The second-order valence-corrected chi connectivity index (χ2v) is 6.50. The molecule has 1 aromatic carbocycles. The monoisotopic (exact) mass is 280 g/mol. The van der Waals surface area contributed by atoms with Crippen molar-refractivity contribution in [3.05, 3.63) is 34.6 Å². The van der Waals surface area contributed by atoms with Gasteiger partial charge in [0.2, 0.25) is 0 Å². The molecule has 0 N–H and O–H groups in total. The summed E-state index contributed by atoms with van der Waals surface area (Å²) < 4.78 is 13.6. The van der Waals surface area contributed by atoms with E-state index in [1.54, 1.807) is 6.07 Å². The third-order valence-electron chi connectivity index (χ3n) is 3.81. The summed E-state index contributed by atoms with van der Waals surface area (Å²) in [5.74, 6) is -0.458. The van der Waals surface area contributed by atoms with E-state index in [4.69, 9.17) is 11.6 Å². The minimum absolute atomic E-state index is 0.0226. The molecule has 0 bridgehead atoms. The van der Waals surface area contributed by atoms with Gasteiger partial charge in [0, 0.05) is 24.5 Å². The topological polar surface area (TPSA) is 27.0 Å². The number of nitrogens with zero attached hydrogens (tertiary/aromatic N) is 2. The van der Waals surface area contributed by atoms with Crippen molar-refractivity contribution in [1.29, 1.82) is 5.26 Å². The van der Waals surface area contributed by atoms with Crippen LogP contribution in [0.15, 0.2) is 18.2 Å². The molecule has 0 amide bonds. The maximum Gasteiger partial charge on any atom is 0.142 e. The lowest BCUT2D eigenvalue weighted by molar-refractivity contribution is 0.170. The molecule has 1 aliphatic heterocycles. The highest BCUT2D eigenvalue weighted by atomic mass is 35.5. The Morgan fingerprint density at radius 1 is 1.37 bits per heavy atom. The molecule has 1 saturated heterocycles. The number of hydrogen-bond acceptors (Lipinski definition) is 2. The lowest BCUT2D eigenvalue weighted by atomic mass is 9.90. The zero-order chi connectivity index (χ0) is 14.2. The molecule has 1 aliphatic rings. The zero-order valence-electron chi connectivity index (χ0n) is 11.5. The summed E-state index contributed by atoms with van der Waals surface area (Å²) in [6.45, 7) is 7.91. The van der Waals surface area contributed by atoms with Gasteiger partial charge in [-0.1, -0.05) is 17.7 Å². The zero-order valence-corrected chi connectivity index (χ0v) is 12.2. The van der Waals surface area contributed by atoms with E-state index in [1.807, 2.05) is 6.07 Å². The summed E-state index contributed by atoms with van der Waals surface area (Å²) in [6.07, 6.45) is 0. The predicted octanol–water partition coefficient (Wildman–Crippen LogP) is 3.82. The van der Waals surface area contributed by atoms with Gasteiger partial charge in [0.25, 0.3) is 0 Å². The van der Waals surface area contributed by atoms with Crippen LogP contribution in [0.2, 0.25) is 5.02 Å². The molecule has 1 heterocycles. The van der Waals surface area contributed by atoms with E-state index in [-0.39, 0.29) is 22.4 Å². The number of likely N-dealkylation sites (tertiary alicyclic amines) is 1. The van der Waals surface area contributed by atoms with Gasteiger partial charge in [0.05, 0.1) is 17.0 Å². The van der Waals surface area contributed by atoms with Gasteiger partial charge in [-0.3, -0.25) is 4.90 Å². The van der Waals surface area contributed by atoms with Crippen molar-refractivity contribution in [3.8, 4) is 6.07 Å². The standard InChI is InChI=1S/C15H18ClFN2/c1-15(2,3)19-8-11(7-18)12(9-19)10-4-5-13(16)14(17)6-10/h4-6,11-12H,8-9H2,1-3H3/t11-,12+/m0/s1. The molecule has 2 rings (SSSR count). The average Bonchev–Trinajstić information content (AvgIpc) is 2.76. The quantitative estimate of drug-likeness (QED) is 0.782. The molecule has 0 saturated carbocycles. The Labute approximate surface area is 118 Å².